The summed E-state index contributed by atoms with van der Waals surface area (Å²) in [6.45, 7) is 6.92. The third-order valence-electron chi connectivity index (χ3n) is 2.08. The van der Waals surface area contributed by atoms with Gasteiger partial charge in [-0.3, -0.25) is 0 Å². The number of nitrogens with two attached hydrogens (primary N) is 1. The largest absolute Gasteiger partial charge is 0.371 e. The van der Waals surface area contributed by atoms with E-state index in [4.69, 9.17) is 10.5 Å². The lowest BCUT2D eigenvalue weighted by Gasteiger charge is -2.26. The summed E-state index contributed by atoms with van der Waals surface area (Å²) in [7, 11) is 0. The van der Waals surface area contributed by atoms with E-state index in [1.165, 1.54) is 12.8 Å². The van der Waals surface area contributed by atoms with Gasteiger partial charge in [0.25, 0.3) is 0 Å². The summed E-state index contributed by atoms with van der Waals surface area (Å²) in [6, 6.07) is 0. The van der Waals surface area contributed by atoms with E-state index in [1.54, 1.807) is 0 Å². The van der Waals surface area contributed by atoms with Crippen LogP contribution in [-0.4, -0.2) is 18.2 Å². The fourth-order valence-corrected chi connectivity index (χ4v) is 1.42. The van der Waals surface area contributed by atoms with Gasteiger partial charge >= 0.3 is 0 Å². The minimum atomic E-state index is -0.0427. The smallest absolute Gasteiger partial charge is 0.0707 e. The van der Waals surface area contributed by atoms with Crippen molar-refractivity contribution in [3.63, 3.8) is 0 Å². The molecule has 1 aliphatic carbocycles. The molecule has 72 valence electrons. The molecule has 12 heavy (non-hydrogen) atoms. The summed E-state index contributed by atoms with van der Waals surface area (Å²) in [4.78, 5) is 0. The Bertz CT molecular complexity index is 135. The summed E-state index contributed by atoms with van der Waals surface area (Å²) in [5, 5.41) is 0. The lowest BCUT2D eigenvalue weighted by Crippen LogP contribution is -2.33. The fourth-order valence-electron chi connectivity index (χ4n) is 1.42. The molecule has 1 aliphatic rings. The Hall–Kier alpha value is -0.0800. The van der Waals surface area contributed by atoms with Crippen molar-refractivity contribution in [2.45, 2.75) is 51.7 Å². The molecule has 2 heteroatoms. The van der Waals surface area contributed by atoms with Gasteiger partial charge in [0, 0.05) is 6.54 Å². The summed E-state index contributed by atoms with van der Waals surface area (Å²) >= 11 is 0. The SMILES string of the molecule is CC(C)(C)OC(CN)CC1CC1. The van der Waals surface area contributed by atoms with Gasteiger partial charge in [0.2, 0.25) is 0 Å². The van der Waals surface area contributed by atoms with Crippen LogP contribution in [0.3, 0.4) is 0 Å². The van der Waals surface area contributed by atoms with Crippen molar-refractivity contribution in [2.24, 2.45) is 11.7 Å². The van der Waals surface area contributed by atoms with Crippen LogP contribution in [0.25, 0.3) is 0 Å². The van der Waals surface area contributed by atoms with E-state index in [-0.39, 0.29) is 11.7 Å². The number of hydrogen-bond donors (Lipinski definition) is 1. The Labute approximate surface area is 75.5 Å². The first-order valence-electron chi connectivity index (χ1n) is 4.89. The molecule has 0 heterocycles. The van der Waals surface area contributed by atoms with E-state index in [0.717, 1.165) is 12.3 Å². The first-order valence-corrected chi connectivity index (χ1v) is 4.89. The maximum absolute atomic E-state index is 5.81. The van der Waals surface area contributed by atoms with Crippen LogP contribution in [0, 0.1) is 5.92 Å². The quantitative estimate of drug-likeness (QED) is 0.701. The van der Waals surface area contributed by atoms with Gasteiger partial charge in [-0.15, -0.1) is 0 Å². The third kappa shape index (κ3) is 4.07. The van der Waals surface area contributed by atoms with Gasteiger partial charge in [0.1, 0.15) is 0 Å². The van der Waals surface area contributed by atoms with Crippen molar-refractivity contribution in [2.75, 3.05) is 6.54 Å². The first-order chi connectivity index (χ1) is 5.51. The molecule has 0 aromatic carbocycles. The molecule has 1 rings (SSSR count). The summed E-state index contributed by atoms with van der Waals surface area (Å²) < 4.78 is 5.81. The molecular weight excluding hydrogens is 150 g/mol. The molecule has 1 saturated carbocycles. The van der Waals surface area contributed by atoms with E-state index in [9.17, 15) is 0 Å². The van der Waals surface area contributed by atoms with Crippen LogP contribution in [0.4, 0.5) is 0 Å². The molecular formula is C10H21NO. The molecule has 2 nitrogen and oxygen atoms in total. The van der Waals surface area contributed by atoms with Gasteiger partial charge in [0.15, 0.2) is 0 Å². The van der Waals surface area contributed by atoms with Crippen LogP contribution in [0.1, 0.15) is 40.0 Å². The standard InChI is InChI=1S/C10H21NO/c1-10(2,3)12-9(7-11)6-8-4-5-8/h8-9H,4-7,11H2,1-3H3. The predicted octanol–water partition coefficient (Wildman–Crippen LogP) is 1.93. The Morgan fingerprint density at radius 3 is 2.33 bits per heavy atom. The molecule has 1 fully saturated rings. The highest BCUT2D eigenvalue weighted by Crippen LogP contribution is 2.34. The van der Waals surface area contributed by atoms with Crippen LogP contribution >= 0.6 is 0 Å². The van der Waals surface area contributed by atoms with Gasteiger partial charge in [-0.25, -0.2) is 0 Å². The molecule has 2 N–H and O–H groups in total. The second-order valence-electron chi connectivity index (χ2n) is 4.77. The molecule has 1 atom stereocenters. The summed E-state index contributed by atoms with van der Waals surface area (Å²) in [5.41, 5.74) is 5.59. The second-order valence-corrected chi connectivity index (χ2v) is 4.77. The van der Waals surface area contributed by atoms with Crippen molar-refractivity contribution in [1.29, 1.82) is 0 Å². The van der Waals surface area contributed by atoms with Crippen molar-refractivity contribution < 1.29 is 4.74 Å². The van der Waals surface area contributed by atoms with E-state index in [2.05, 4.69) is 20.8 Å². The van der Waals surface area contributed by atoms with Crippen LogP contribution in [0.2, 0.25) is 0 Å². The molecule has 0 aromatic heterocycles. The maximum Gasteiger partial charge on any atom is 0.0707 e. The van der Waals surface area contributed by atoms with Crippen molar-refractivity contribution in [3.05, 3.63) is 0 Å². The van der Waals surface area contributed by atoms with Gasteiger partial charge in [0.05, 0.1) is 11.7 Å². The molecule has 0 aliphatic heterocycles. The topological polar surface area (TPSA) is 35.2 Å². The second kappa shape index (κ2) is 3.75. The zero-order chi connectivity index (χ0) is 9.19. The Kier molecular flexibility index (Phi) is 3.13. The minimum absolute atomic E-state index is 0.0427. The van der Waals surface area contributed by atoms with Crippen molar-refractivity contribution in [1.82, 2.24) is 0 Å². The van der Waals surface area contributed by atoms with E-state index < -0.39 is 0 Å². The van der Waals surface area contributed by atoms with Crippen LogP contribution < -0.4 is 5.73 Å². The normalized spacial score (nSPS) is 21.0. The predicted molar refractivity (Wildman–Crippen MR) is 51.0 cm³/mol. The van der Waals surface area contributed by atoms with Gasteiger partial charge in [-0.2, -0.15) is 0 Å². The maximum atomic E-state index is 5.81. The highest BCUT2D eigenvalue weighted by atomic mass is 16.5. The van der Waals surface area contributed by atoms with Gasteiger partial charge in [-0.1, -0.05) is 12.8 Å². The highest BCUT2D eigenvalue weighted by molar-refractivity contribution is 4.79. The molecule has 0 amide bonds. The zero-order valence-electron chi connectivity index (χ0n) is 8.47. The Balaban J connectivity index is 2.23. The summed E-state index contributed by atoms with van der Waals surface area (Å²) in [6.07, 6.45) is 4.19. The molecule has 1 unspecified atom stereocenters. The van der Waals surface area contributed by atoms with E-state index >= 15 is 0 Å². The first kappa shape index (κ1) is 10.0. The third-order valence-corrected chi connectivity index (χ3v) is 2.08. The Morgan fingerprint density at radius 1 is 1.42 bits per heavy atom. The number of hydrogen-bond acceptors (Lipinski definition) is 2. The fraction of sp³-hybridized carbons (Fsp3) is 1.00. The highest BCUT2D eigenvalue weighted by Gasteiger charge is 2.27. The van der Waals surface area contributed by atoms with Crippen LogP contribution in [-0.2, 0) is 4.74 Å². The average Bonchev–Trinajstić information content (AvgIpc) is 2.67. The van der Waals surface area contributed by atoms with Crippen molar-refractivity contribution >= 4 is 0 Å². The monoisotopic (exact) mass is 171 g/mol. The van der Waals surface area contributed by atoms with Crippen molar-refractivity contribution in [3.8, 4) is 0 Å². The lowest BCUT2D eigenvalue weighted by molar-refractivity contribution is -0.0604. The van der Waals surface area contributed by atoms with Crippen LogP contribution in [0.5, 0.6) is 0 Å². The van der Waals surface area contributed by atoms with E-state index in [1.807, 2.05) is 0 Å². The Morgan fingerprint density at radius 2 is 2.00 bits per heavy atom. The van der Waals surface area contributed by atoms with E-state index in [0.29, 0.717) is 6.54 Å². The number of ether oxygens (including phenoxy) is 1. The molecule has 0 saturated heterocycles. The summed E-state index contributed by atoms with van der Waals surface area (Å²) in [5.74, 6) is 0.904. The molecule has 0 radical (unpaired) electrons. The minimum Gasteiger partial charge on any atom is -0.371 e. The molecule has 0 aromatic rings. The number of rotatable bonds is 4. The molecule has 0 spiro atoms. The van der Waals surface area contributed by atoms with Gasteiger partial charge in [-0.05, 0) is 33.1 Å². The van der Waals surface area contributed by atoms with Crippen LogP contribution in [0.15, 0.2) is 0 Å². The zero-order valence-corrected chi connectivity index (χ0v) is 8.47. The molecule has 0 bridgehead atoms. The van der Waals surface area contributed by atoms with Gasteiger partial charge < -0.3 is 10.5 Å². The average molecular weight is 171 g/mol. The lowest BCUT2D eigenvalue weighted by atomic mass is 10.1.